The first-order chi connectivity index (χ1) is 13.0. The lowest BCUT2D eigenvalue weighted by atomic mass is 10.0. The van der Waals surface area contributed by atoms with Crippen LogP contribution in [0.2, 0.25) is 10.0 Å². The molecule has 2 aromatic carbocycles. The number of amides is 1. The molecule has 0 saturated heterocycles. The summed E-state index contributed by atoms with van der Waals surface area (Å²) in [5.41, 5.74) is 2.76. The third-order valence-corrected chi connectivity index (χ3v) is 4.70. The van der Waals surface area contributed by atoms with Crippen LogP contribution in [0.3, 0.4) is 0 Å². The minimum absolute atomic E-state index is 0.0121. The molecule has 0 radical (unpaired) electrons. The third-order valence-electron chi connectivity index (χ3n) is 4.22. The molecule has 0 unspecified atom stereocenters. The number of methoxy groups -OCH3 is 1. The van der Waals surface area contributed by atoms with Crippen LogP contribution >= 0.6 is 23.2 Å². The predicted octanol–water partition coefficient (Wildman–Crippen LogP) is 4.16. The molecule has 0 spiro atoms. The Labute approximate surface area is 168 Å². The van der Waals surface area contributed by atoms with Gasteiger partial charge in [0.1, 0.15) is 6.61 Å². The first-order valence-corrected chi connectivity index (χ1v) is 9.30. The van der Waals surface area contributed by atoms with Gasteiger partial charge in [-0.3, -0.25) is 4.79 Å². The summed E-state index contributed by atoms with van der Waals surface area (Å²) in [5.74, 6) is -0.110. The van der Waals surface area contributed by atoms with Gasteiger partial charge in [-0.1, -0.05) is 52.6 Å². The van der Waals surface area contributed by atoms with Gasteiger partial charge in [0, 0.05) is 30.1 Å². The minimum atomic E-state index is -0.212. The van der Waals surface area contributed by atoms with Gasteiger partial charge in [-0.25, -0.2) is 0 Å². The molecule has 0 aromatic heterocycles. The Morgan fingerprint density at radius 3 is 2.70 bits per heavy atom. The van der Waals surface area contributed by atoms with Crippen molar-refractivity contribution in [2.75, 3.05) is 20.3 Å². The second-order valence-corrected chi connectivity index (χ2v) is 7.19. The Morgan fingerprint density at radius 1 is 1.22 bits per heavy atom. The fourth-order valence-electron chi connectivity index (χ4n) is 2.91. The number of halogens is 2. The summed E-state index contributed by atoms with van der Waals surface area (Å²) in [4.78, 5) is 19.7. The van der Waals surface area contributed by atoms with E-state index in [0.29, 0.717) is 29.6 Å². The summed E-state index contributed by atoms with van der Waals surface area (Å²) in [5, 5.41) is 5.49. The van der Waals surface area contributed by atoms with Gasteiger partial charge in [-0.2, -0.15) is 0 Å². The first kappa shape index (κ1) is 19.7. The van der Waals surface area contributed by atoms with Crippen molar-refractivity contribution in [3.63, 3.8) is 0 Å². The van der Waals surface area contributed by atoms with Crippen LogP contribution < -0.4 is 0 Å². The van der Waals surface area contributed by atoms with E-state index >= 15 is 0 Å². The van der Waals surface area contributed by atoms with E-state index < -0.39 is 0 Å². The summed E-state index contributed by atoms with van der Waals surface area (Å²) in [6.45, 7) is 0.854. The molecule has 0 N–H and O–H groups in total. The zero-order valence-electron chi connectivity index (χ0n) is 14.9. The predicted molar refractivity (Wildman–Crippen MR) is 106 cm³/mol. The van der Waals surface area contributed by atoms with Crippen LogP contribution in [0.1, 0.15) is 17.5 Å². The highest BCUT2D eigenvalue weighted by molar-refractivity contribution is 6.31. The molecule has 0 bridgehead atoms. The summed E-state index contributed by atoms with van der Waals surface area (Å²) in [7, 11) is 1.50. The van der Waals surface area contributed by atoms with E-state index in [1.807, 2.05) is 42.5 Å². The molecule has 0 saturated carbocycles. The number of carbonyl (C=O) groups excluding carboxylic acids is 1. The van der Waals surface area contributed by atoms with Crippen molar-refractivity contribution in [2.45, 2.75) is 19.1 Å². The van der Waals surface area contributed by atoms with Crippen molar-refractivity contribution in [1.29, 1.82) is 0 Å². The van der Waals surface area contributed by atoms with Crippen LogP contribution in [0, 0.1) is 0 Å². The van der Waals surface area contributed by atoms with Crippen LogP contribution in [0.25, 0.3) is 0 Å². The number of ether oxygens (including phenoxy) is 1. The van der Waals surface area contributed by atoms with E-state index in [1.54, 1.807) is 11.0 Å². The van der Waals surface area contributed by atoms with Crippen molar-refractivity contribution >= 4 is 34.8 Å². The quantitative estimate of drug-likeness (QED) is 0.693. The number of rotatable bonds is 7. The Balaban J connectivity index is 1.66. The van der Waals surface area contributed by atoms with Crippen LogP contribution in [0.5, 0.6) is 0 Å². The topological polar surface area (TPSA) is 51.1 Å². The number of carbonyl (C=O) groups is 1. The molecule has 3 rings (SSSR count). The molecule has 1 atom stereocenters. The van der Waals surface area contributed by atoms with Crippen molar-refractivity contribution in [3.05, 3.63) is 69.7 Å². The number of nitrogens with zero attached hydrogens (tertiary/aromatic N) is 2. The first-order valence-electron chi connectivity index (χ1n) is 8.55. The van der Waals surface area contributed by atoms with Gasteiger partial charge in [-0.15, -0.1) is 0 Å². The van der Waals surface area contributed by atoms with Gasteiger partial charge in [0.25, 0.3) is 0 Å². The van der Waals surface area contributed by atoms with Gasteiger partial charge in [0.15, 0.2) is 6.10 Å². The largest absolute Gasteiger partial charge is 0.390 e. The molecule has 142 valence electrons. The minimum Gasteiger partial charge on any atom is -0.390 e. The molecule has 27 heavy (non-hydrogen) atoms. The summed E-state index contributed by atoms with van der Waals surface area (Å²) in [6.07, 6.45) is 0.407. The number of oxime groups is 1. The van der Waals surface area contributed by atoms with E-state index in [-0.39, 0.29) is 18.6 Å². The second kappa shape index (κ2) is 9.22. The van der Waals surface area contributed by atoms with Crippen LogP contribution in [-0.2, 0) is 20.9 Å². The Morgan fingerprint density at radius 2 is 2.00 bits per heavy atom. The van der Waals surface area contributed by atoms with Crippen LogP contribution in [0.15, 0.2) is 53.7 Å². The standard InChI is InChI=1S/C20H20Cl2N2O3/c1-26-13-20(25)24(11-14-3-2-4-17(22)9-14)12-18-10-19(23-27-18)15-5-7-16(21)8-6-15/h2-9,18H,10-13H2,1H3/t18-/m1/s1. The normalized spacial score (nSPS) is 16.0. The van der Waals surface area contributed by atoms with E-state index in [2.05, 4.69) is 5.16 Å². The van der Waals surface area contributed by atoms with Gasteiger partial charge < -0.3 is 14.5 Å². The van der Waals surface area contributed by atoms with Crippen LogP contribution in [0.4, 0.5) is 0 Å². The molecule has 0 aliphatic carbocycles. The summed E-state index contributed by atoms with van der Waals surface area (Å²) >= 11 is 12.0. The molecule has 0 fully saturated rings. The average molecular weight is 407 g/mol. The van der Waals surface area contributed by atoms with Gasteiger partial charge >= 0.3 is 0 Å². The second-order valence-electron chi connectivity index (χ2n) is 6.31. The molecule has 1 heterocycles. The highest BCUT2D eigenvalue weighted by Crippen LogP contribution is 2.20. The maximum Gasteiger partial charge on any atom is 0.248 e. The lowest BCUT2D eigenvalue weighted by molar-refractivity contribution is -0.137. The van der Waals surface area contributed by atoms with Gasteiger partial charge in [0.05, 0.1) is 12.3 Å². The van der Waals surface area contributed by atoms with Crippen LogP contribution in [-0.4, -0.2) is 42.9 Å². The molecule has 5 nitrogen and oxygen atoms in total. The van der Waals surface area contributed by atoms with E-state index in [4.69, 9.17) is 32.8 Å². The molecule has 7 heteroatoms. The molecule has 1 amide bonds. The third kappa shape index (κ3) is 5.45. The highest BCUT2D eigenvalue weighted by Gasteiger charge is 2.26. The molecular weight excluding hydrogens is 387 g/mol. The Kier molecular flexibility index (Phi) is 6.72. The van der Waals surface area contributed by atoms with E-state index in [1.165, 1.54) is 7.11 Å². The lowest BCUT2D eigenvalue weighted by Gasteiger charge is -2.25. The van der Waals surface area contributed by atoms with Crippen molar-refractivity contribution in [3.8, 4) is 0 Å². The zero-order chi connectivity index (χ0) is 19.2. The molecular formula is C20H20Cl2N2O3. The maximum absolute atomic E-state index is 12.5. The SMILES string of the molecule is COCC(=O)N(Cc1cccc(Cl)c1)C[C@H]1CC(c2ccc(Cl)cc2)=NO1. The van der Waals surface area contributed by atoms with Crippen molar-refractivity contribution in [1.82, 2.24) is 4.90 Å². The zero-order valence-corrected chi connectivity index (χ0v) is 16.4. The number of benzene rings is 2. The molecule has 1 aliphatic rings. The smallest absolute Gasteiger partial charge is 0.248 e. The Hall–Kier alpha value is -2.08. The van der Waals surface area contributed by atoms with Gasteiger partial charge in [-0.05, 0) is 35.4 Å². The fourth-order valence-corrected chi connectivity index (χ4v) is 3.25. The molecule has 2 aromatic rings. The van der Waals surface area contributed by atoms with Crippen molar-refractivity contribution < 1.29 is 14.4 Å². The lowest BCUT2D eigenvalue weighted by Crippen LogP contribution is -2.39. The van der Waals surface area contributed by atoms with E-state index in [0.717, 1.165) is 16.8 Å². The van der Waals surface area contributed by atoms with Crippen molar-refractivity contribution in [2.24, 2.45) is 5.16 Å². The monoisotopic (exact) mass is 406 g/mol. The summed E-state index contributed by atoms with van der Waals surface area (Å²) < 4.78 is 5.01. The summed E-state index contributed by atoms with van der Waals surface area (Å²) in [6, 6.07) is 14.9. The fraction of sp³-hybridized carbons (Fsp3) is 0.300. The van der Waals surface area contributed by atoms with Gasteiger partial charge in [0.2, 0.25) is 5.91 Å². The Bertz CT molecular complexity index is 824. The molecule has 1 aliphatic heterocycles. The highest BCUT2D eigenvalue weighted by atomic mass is 35.5. The number of hydrogen-bond acceptors (Lipinski definition) is 4. The number of hydrogen-bond donors (Lipinski definition) is 0. The average Bonchev–Trinajstić information content (AvgIpc) is 3.10. The van der Waals surface area contributed by atoms with E-state index in [9.17, 15) is 4.79 Å². The maximum atomic E-state index is 12.5.